The van der Waals surface area contributed by atoms with Crippen LogP contribution in [0.1, 0.15) is 36.4 Å². The van der Waals surface area contributed by atoms with E-state index in [0.717, 1.165) is 35.4 Å². The highest BCUT2D eigenvalue weighted by atomic mass is 32.2. The third-order valence-electron chi connectivity index (χ3n) is 4.30. The van der Waals surface area contributed by atoms with Crippen LogP contribution in [0.5, 0.6) is 5.75 Å². The van der Waals surface area contributed by atoms with Crippen molar-refractivity contribution in [2.45, 2.75) is 51.3 Å². The molecule has 1 heterocycles. The van der Waals surface area contributed by atoms with Gasteiger partial charge in [0.2, 0.25) is 0 Å². The first-order chi connectivity index (χ1) is 12.7. The highest BCUT2D eigenvalue weighted by Gasteiger charge is 2.12. The molecule has 0 aliphatic rings. The summed E-state index contributed by atoms with van der Waals surface area (Å²) in [4.78, 5) is 0. The minimum absolute atomic E-state index is 0.428. The van der Waals surface area contributed by atoms with E-state index in [-0.39, 0.29) is 0 Å². The van der Waals surface area contributed by atoms with Gasteiger partial charge in [-0.1, -0.05) is 60.6 Å². The van der Waals surface area contributed by atoms with Crippen molar-refractivity contribution in [1.82, 2.24) is 14.8 Å². The lowest BCUT2D eigenvalue weighted by atomic mass is 10.2. The van der Waals surface area contributed by atoms with E-state index >= 15 is 0 Å². The van der Waals surface area contributed by atoms with E-state index in [1.165, 1.54) is 16.7 Å². The van der Waals surface area contributed by atoms with Crippen molar-refractivity contribution in [1.29, 1.82) is 0 Å². The number of ether oxygens (including phenoxy) is 1. The monoisotopic (exact) mass is 367 g/mol. The average Bonchev–Trinajstić information content (AvgIpc) is 3.08. The van der Waals surface area contributed by atoms with Crippen molar-refractivity contribution in [3.63, 3.8) is 0 Å². The Hall–Kier alpha value is -2.27. The Kier molecular flexibility index (Phi) is 6.34. The first-order valence-electron chi connectivity index (χ1n) is 9.01. The molecule has 136 valence electrons. The fourth-order valence-electron chi connectivity index (χ4n) is 2.65. The number of aryl methyl sites for hydroxylation is 2. The van der Waals surface area contributed by atoms with Gasteiger partial charge in [0, 0.05) is 12.3 Å². The number of aromatic nitrogens is 3. The fourth-order valence-corrected chi connectivity index (χ4v) is 3.63. The number of thioether (sulfide) groups is 1. The van der Waals surface area contributed by atoms with Gasteiger partial charge in [-0.2, -0.15) is 0 Å². The standard InChI is InChI=1S/C21H25N3OS/c1-4-17-10-12-19(13-11-17)25-14-20-22-23-21(24(20)5-2)26-15-18-8-6-16(3)7-9-18/h6-13H,4-5,14-15H2,1-3H3. The van der Waals surface area contributed by atoms with Gasteiger partial charge in [0.1, 0.15) is 12.4 Å². The van der Waals surface area contributed by atoms with Crippen LogP contribution in [-0.2, 0) is 25.3 Å². The summed E-state index contributed by atoms with van der Waals surface area (Å²) < 4.78 is 8.02. The number of hydrogen-bond donors (Lipinski definition) is 0. The maximum Gasteiger partial charge on any atom is 0.191 e. The summed E-state index contributed by atoms with van der Waals surface area (Å²) in [6.07, 6.45) is 1.03. The van der Waals surface area contributed by atoms with Crippen LogP contribution >= 0.6 is 11.8 Å². The van der Waals surface area contributed by atoms with Gasteiger partial charge in [-0.15, -0.1) is 10.2 Å². The molecule has 0 saturated carbocycles. The van der Waals surface area contributed by atoms with Crippen LogP contribution in [0.15, 0.2) is 53.7 Å². The minimum Gasteiger partial charge on any atom is -0.486 e. The van der Waals surface area contributed by atoms with Crippen molar-refractivity contribution in [2.75, 3.05) is 0 Å². The largest absolute Gasteiger partial charge is 0.486 e. The fraction of sp³-hybridized carbons (Fsp3) is 0.333. The summed E-state index contributed by atoms with van der Waals surface area (Å²) in [6, 6.07) is 16.8. The van der Waals surface area contributed by atoms with Gasteiger partial charge in [0.25, 0.3) is 0 Å². The molecule has 0 N–H and O–H groups in total. The highest BCUT2D eigenvalue weighted by Crippen LogP contribution is 2.23. The van der Waals surface area contributed by atoms with Gasteiger partial charge in [-0.05, 0) is 43.5 Å². The first-order valence-corrected chi connectivity index (χ1v) is 10.00. The Balaban J connectivity index is 1.62. The summed E-state index contributed by atoms with van der Waals surface area (Å²) in [5, 5.41) is 9.62. The van der Waals surface area contributed by atoms with Crippen molar-refractivity contribution in [3.8, 4) is 5.75 Å². The lowest BCUT2D eigenvalue weighted by Crippen LogP contribution is -2.07. The molecule has 26 heavy (non-hydrogen) atoms. The number of benzene rings is 2. The van der Waals surface area contributed by atoms with Gasteiger partial charge >= 0.3 is 0 Å². The quantitative estimate of drug-likeness (QED) is 0.523. The normalized spacial score (nSPS) is 10.9. The number of rotatable bonds is 8. The second-order valence-corrected chi connectivity index (χ2v) is 7.15. The van der Waals surface area contributed by atoms with E-state index in [1.807, 2.05) is 12.1 Å². The van der Waals surface area contributed by atoms with Gasteiger partial charge in [-0.3, -0.25) is 0 Å². The molecule has 0 fully saturated rings. The Morgan fingerprint density at radius 1 is 0.923 bits per heavy atom. The molecule has 0 saturated heterocycles. The lowest BCUT2D eigenvalue weighted by molar-refractivity contribution is 0.288. The molecule has 0 aliphatic carbocycles. The van der Waals surface area contributed by atoms with Crippen molar-refractivity contribution in [2.24, 2.45) is 0 Å². The third-order valence-corrected chi connectivity index (χ3v) is 5.34. The molecule has 2 aromatic carbocycles. The Morgan fingerprint density at radius 2 is 1.62 bits per heavy atom. The maximum absolute atomic E-state index is 5.89. The molecular formula is C21H25N3OS. The zero-order chi connectivity index (χ0) is 18.4. The van der Waals surface area contributed by atoms with Gasteiger partial charge in [0.15, 0.2) is 11.0 Å². The molecule has 4 nitrogen and oxygen atoms in total. The highest BCUT2D eigenvalue weighted by molar-refractivity contribution is 7.98. The molecule has 0 unspecified atom stereocenters. The molecule has 1 aromatic heterocycles. The molecule has 5 heteroatoms. The van der Waals surface area contributed by atoms with Gasteiger partial charge < -0.3 is 9.30 Å². The summed E-state index contributed by atoms with van der Waals surface area (Å²) in [7, 11) is 0. The third kappa shape index (κ3) is 4.67. The molecular weight excluding hydrogens is 342 g/mol. The van der Waals surface area contributed by atoms with E-state index in [9.17, 15) is 0 Å². The topological polar surface area (TPSA) is 39.9 Å². The molecule has 0 aliphatic heterocycles. The Morgan fingerprint density at radius 3 is 2.27 bits per heavy atom. The van der Waals surface area contributed by atoms with E-state index in [1.54, 1.807) is 11.8 Å². The van der Waals surface area contributed by atoms with Crippen LogP contribution in [0, 0.1) is 6.92 Å². The SMILES string of the molecule is CCc1ccc(OCc2nnc(SCc3ccc(C)cc3)n2CC)cc1. The number of hydrogen-bond acceptors (Lipinski definition) is 4. The van der Waals surface area contributed by atoms with Crippen molar-refractivity contribution >= 4 is 11.8 Å². The lowest BCUT2D eigenvalue weighted by Gasteiger charge is -2.09. The van der Waals surface area contributed by atoms with Crippen LogP contribution in [0.3, 0.4) is 0 Å². The van der Waals surface area contributed by atoms with E-state index in [4.69, 9.17) is 4.74 Å². The van der Waals surface area contributed by atoms with Crippen LogP contribution in [0.2, 0.25) is 0 Å². The molecule has 3 aromatic rings. The molecule has 0 spiro atoms. The van der Waals surface area contributed by atoms with Crippen LogP contribution in [-0.4, -0.2) is 14.8 Å². The first kappa shape index (κ1) is 18.5. The van der Waals surface area contributed by atoms with Gasteiger partial charge in [0.05, 0.1) is 0 Å². The second kappa shape index (κ2) is 8.90. The van der Waals surface area contributed by atoms with E-state index < -0.39 is 0 Å². The predicted octanol–water partition coefficient (Wildman–Crippen LogP) is 5.04. The van der Waals surface area contributed by atoms with Crippen LogP contribution in [0.25, 0.3) is 0 Å². The van der Waals surface area contributed by atoms with E-state index in [2.05, 4.69) is 71.9 Å². The van der Waals surface area contributed by atoms with Crippen molar-refractivity contribution in [3.05, 3.63) is 71.0 Å². The van der Waals surface area contributed by atoms with Crippen LogP contribution in [0.4, 0.5) is 0 Å². The predicted molar refractivity (Wildman–Crippen MR) is 107 cm³/mol. The number of nitrogens with zero attached hydrogens (tertiary/aromatic N) is 3. The molecule has 0 atom stereocenters. The average molecular weight is 368 g/mol. The van der Waals surface area contributed by atoms with Gasteiger partial charge in [-0.25, -0.2) is 0 Å². The summed E-state index contributed by atoms with van der Waals surface area (Å²) in [5.74, 6) is 2.61. The Labute approximate surface area is 159 Å². The zero-order valence-electron chi connectivity index (χ0n) is 15.6. The zero-order valence-corrected chi connectivity index (χ0v) is 16.4. The summed E-state index contributed by atoms with van der Waals surface area (Å²) in [6.45, 7) is 7.62. The smallest absolute Gasteiger partial charge is 0.191 e. The van der Waals surface area contributed by atoms with Crippen molar-refractivity contribution < 1.29 is 4.74 Å². The van der Waals surface area contributed by atoms with Crippen LogP contribution < -0.4 is 4.74 Å². The Bertz CT molecular complexity index is 825. The maximum atomic E-state index is 5.89. The molecule has 3 rings (SSSR count). The second-order valence-electron chi connectivity index (χ2n) is 6.20. The van der Waals surface area contributed by atoms with E-state index in [0.29, 0.717) is 6.61 Å². The minimum atomic E-state index is 0.428. The summed E-state index contributed by atoms with van der Waals surface area (Å²) >= 11 is 1.71. The molecule has 0 bridgehead atoms. The summed E-state index contributed by atoms with van der Waals surface area (Å²) in [5.41, 5.74) is 3.88. The molecule has 0 amide bonds. The molecule has 0 radical (unpaired) electrons.